The minimum atomic E-state index is -4.35. The molecule has 0 spiro atoms. The molecule has 0 atom stereocenters. The van der Waals surface area contributed by atoms with Crippen LogP contribution in [0, 0.1) is 0 Å². The molecule has 0 bridgehead atoms. The Bertz CT molecular complexity index is 351. The number of nitrogen functional groups attached to an aromatic ring is 1. The number of aromatic hydroxyl groups is 1. The topological polar surface area (TPSA) is 46.2 Å². The van der Waals surface area contributed by atoms with E-state index in [1.54, 1.807) is 0 Å². The Morgan fingerprint density at radius 1 is 1.36 bits per heavy atom. The summed E-state index contributed by atoms with van der Waals surface area (Å²) in [5.41, 5.74) is 4.75. The first kappa shape index (κ1) is 11.0. The molecule has 1 rings (SSSR count). The van der Waals surface area contributed by atoms with E-state index in [-0.39, 0.29) is 16.3 Å². The Hall–Kier alpha value is -1.10. The highest BCUT2D eigenvalue weighted by atomic mass is 35.5. The normalized spacial score (nSPS) is 11.7. The zero-order chi connectivity index (χ0) is 10.9. The number of phenols is 1. The maximum atomic E-state index is 12.0. The van der Waals surface area contributed by atoms with Crippen molar-refractivity contribution < 1.29 is 18.3 Å². The van der Waals surface area contributed by atoms with Crippen molar-refractivity contribution in [2.45, 2.75) is 12.6 Å². The quantitative estimate of drug-likeness (QED) is 0.570. The number of halogens is 4. The summed E-state index contributed by atoms with van der Waals surface area (Å²) in [5, 5.41) is 9.10. The van der Waals surface area contributed by atoms with E-state index in [9.17, 15) is 13.2 Å². The molecule has 0 radical (unpaired) electrons. The molecule has 2 nitrogen and oxygen atoms in total. The smallest absolute Gasteiger partial charge is 0.393 e. The van der Waals surface area contributed by atoms with Gasteiger partial charge in [0.1, 0.15) is 0 Å². The molecule has 0 unspecified atom stereocenters. The first-order valence-corrected chi connectivity index (χ1v) is 4.01. The Morgan fingerprint density at radius 2 is 1.93 bits per heavy atom. The summed E-state index contributed by atoms with van der Waals surface area (Å²) >= 11 is 5.45. The third kappa shape index (κ3) is 2.45. The molecular weight excluding hydrogens is 219 g/mol. The lowest BCUT2D eigenvalue weighted by Gasteiger charge is -2.10. The third-order valence-electron chi connectivity index (χ3n) is 1.65. The van der Waals surface area contributed by atoms with Crippen LogP contribution in [-0.4, -0.2) is 11.3 Å². The van der Waals surface area contributed by atoms with Crippen molar-refractivity contribution in [2.75, 3.05) is 5.73 Å². The molecule has 0 saturated heterocycles. The van der Waals surface area contributed by atoms with Crippen LogP contribution in [0.15, 0.2) is 12.1 Å². The van der Waals surface area contributed by atoms with Crippen molar-refractivity contribution in [1.29, 1.82) is 0 Å². The van der Waals surface area contributed by atoms with E-state index in [2.05, 4.69) is 0 Å². The van der Waals surface area contributed by atoms with Gasteiger partial charge in [0.2, 0.25) is 0 Å². The maximum absolute atomic E-state index is 12.0. The largest absolute Gasteiger partial charge is 0.504 e. The highest BCUT2D eigenvalue weighted by Crippen LogP contribution is 2.35. The fourth-order valence-corrected chi connectivity index (χ4v) is 1.16. The molecule has 0 fully saturated rings. The summed E-state index contributed by atoms with van der Waals surface area (Å²) in [5.74, 6) is -0.506. The molecule has 14 heavy (non-hydrogen) atoms. The van der Waals surface area contributed by atoms with Gasteiger partial charge < -0.3 is 10.8 Å². The standard InChI is InChI=1S/C8H7ClF3NO/c9-5-2-1-4(3-8(10,11)12)6(13)7(5)14/h1-2,14H,3,13H2. The average Bonchev–Trinajstić information content (AvgIpc) is 2.04. The fraction of sp³-hybridized carbons (Fsp3) is 0.250. The van der Waals surface area contributed by atoms with E-state index in [1.165, 1.54) is 6.07 Å². The van der Waals surface area contributed by atoms with Crippen molar-refractivity contribution in [3.8, 4) is 5.75 Å². The van der Waals surface area contributed by atoms with Crippen molar-refractivity contribution in [3.05, 3.63) is 22.7 Å². The zero-order valence-electron chi connectivity index (χ0n) is 6.90. The van der Waals surface area contributed by atoms with Crippen molar-refractivity contribution in [2.24, 2.45) is 0 Å². The average molecular weight is 226 g/mol. The summed E-state index contributed by atoms with van der Waals surface area (Å²) < 4.78 is 36.0. The molecule has 1 aromatic rings. The first-order valence-electron chi connectivity index (χ1n) is 3.64. The molecule has 6 heteroatoms. The maximum Gasteiger partial charge on any atom is 0.393 e. The molecule has 0 aromatic heterocycles. The number of nitrogens with two attached hydrogens (primary N) is 1. The van der Waals surface area contributed by atoms with Gasteiger partial charge in [0.25, 0.3) is 0 Å². The predicted octanol–water partition coefficient (Wildman–Crippen LogP) is 2.73. The number of alkyl halides is 3. The third-order valence-corrected chi connectivity index (χ3v) is 1.95. The van der Waals surface area contributed by atoms with Crippen LogP contribution in [0.3, 0.4) is 0 Å². The van der Waals surface area contributed by atoms with Gasteiger partial charge in [-0.15, -0.1) is 0 Å². The number of anilines is 1. The lowest BCUT2D eigenvalue weighted by Crippen LogP contribution is -2.13. The molecule has 3 N–H and O–H groups in total. The summed E-state index contributed by atoms with van der Waals surface area (Å²) in [7, 11) is 0. The molecular formula is C8H7ClF3NO. The molecule has 78 valence electrons. The van der Waals surface area contributed by atoms with Gasteiger partial charge in [-0.25, -0.2) is 0 Å². The number of hydrogen-bond acceptors (Lipinski definition) is 2. The van der Waals surface area contributed by atoms with Crippen LogP contribution in [0.4, 0.5) is 18.9 Å². The number of phenolic OH excluding ortho intramolecular Hbond substituents is 1. The lowest BCUT2D eigenvalue weighted by atomic mass is 10.1. The molecule has 0 aliphatic heterocycles. The zero-order valence-corrected chi connectivity index (χ0v) is 7.65. The van der Waals surface area contributed by atoms with Crippen molar-refractivity contribution in [1.82, 2.24) is 0 Å². The molecule has 0 aliphatic carbocycles. The number of benzene rings is 1. The second kappa shape index (κ2) is 3.57. The number of hydrogen-bond donors (Lipinski definition) is 2. The van der Waals surface area contributed by atoms with E-state index in [4.69, 9.17) is 22.4 Å². The van der Waals surface area contributed by atoms with Gasteiger partial charge in [0, 0.05) is 0 Å². The van der Waals surface area contributed by atoms with E-state index >= 15 is 0 Å². The Kier molecular flexibility index (Phi) is 2.80. The highest BCUT2D eigenvalue weighted by molar-refractivity contribution is 6.32. The van der Waals surface area contributed by atoms with Crippen LogP contribution in [-0.2, 0) is 6.42 Å². The van der Waals surface area contributed by atoms with Crippen molar-refractivity contribution in [3.63, 3.8) is 0 Å². The first-order chi connectivity index (χ1) is 6.31. The lowest BCUT2D eigenvalue weighted by molar-refractivity contribution is -0.127. The van der Waals surface area contributed by atoms with Gasteiger partial charge in [0.15, 0.2) is 5.75 Å². The van der Waals surface area contributed by atoms with Gasteiger partial charge >= 0.3 is 6.18 Å². The molecule has 0 saturated carbocycles. The Morgan fingerprint density at radius 3 is 2.43 bits per heavy atom. The second-order valence-electron chi connectivity index (χ2n) is 2.76. The van der Waals surface area contributed by atoms with Crippen LogP contribution in [0.25, 0.3) is 0 Å². The fourth-order valence-electron chi connectivity index (χ4n) is 0.993. The van der Waals surface area contributed by atoms with Gasteiger partial charge in [-0.1, -0.05) is 17.7 Å². The van der Waals surface area contributed by atoms with E-state index in [0.29, 0.717) is 0 Å². The monoisotopic (exact) mass is 225 g/mol. The Balaban J connectivity index is 3.06. The van der Waals surface area contributed by atoms with E-state index < -0.39 is 18.3 Å². The van der Waals surface area contributed by atoms with Crippen LogP contribution in [0.1, 0.15) is 5.56 Å². The van der Waals surface area contributed by atoms with Crippen LogP contribution in [0.2, 0.25) is 5.02 Å². The predicted molar refractivity (Wildman–Crippen MR) is 47.3 cm³/mol. The van der Waals surface area contributed by atoms with E-state index in [0.717, 1.165) is 6.07 Å². The van der Waals surface area contributed by atoms with Crippen LogP contribution < -0.4 is 5.73 Å². The molecule has 1 aromatic carbocycles. The van der Waals surface area contributed by atoms with Gasteiger partial charge in [-0.3, -0.25) is 0 Å². The van der Waals surface area contributed by atoms with Crippen LogP contribution >= 0.6 is 11.6 Å². The summed E-state index contributed by atoms with van der Waals surface area (Å²) in [6.07, 6.45) is -5.53. The molecule has 0 amide bonds. The number of rotatable bonds is 1. The summed E-state index contributed by atoms with van der Waals surface area (Å²) in [6.45, 7) is 0. The highest BCUT2D eigenvalue weighted by Gasteiger charge is 2.29. The minimum absolute atomic E-state index is 0.0616. The van der Waals surface area contributed by atoms with Crippen LogP contribution in [0.5, 0.6) is 5.75 Å². The molecule has 0 aliphatic rings. The van der Waals surface area contributed by atoms with Gasteiger partial charge in [-0.2, -0.15) is 13.2 Å². The Labute approximate surface area is 83.1 Å². The summed E-state index contributed by atoms with van der Waals surface area (Å²) in [6, 6.07) is 2.32. The van der Waals surface area contributed by atoms with Crippen molar-refractivity contribution >= 4 is 17.3 Å². The SMILES string of the molecule is Nc1c(CC(F)(F)F)ccc(Cl)c1O. The second-order valence-corrected chi connectivity index (χ2v) is 3.17. The minimum Gasteiger partial charge on any atom is -0.504 e. The van der Waals surface area contributed by atoms with E-state index in [1.807, 2.05) is 0 Å². The van der Waals surface area contributed by atoms with Gasteiger partial charge in [-0.05, 0) is 11.6 Å². The summed E-state index contributed by atoms with van der Waals surface area (Å²) in [4.78, 5) is 0. The molecule has 0 heterocycles. The van der Waals surface area contributed by atoms with Gasteiger partial charge in [0.05, 0.1) is 17.1 Å².